The summed E-state index contributed by atoms with van der Waals surface area (Å²) < 4.78 is 25.7. The van der Waals surface area contributed by atoms with Crippen LogP contribution in [0.25, 0.3) is 0 Å². The maximum Gasteiger partial charge on any atom is 0.356 e. The van der Waals surface area contributed by atoms with E-state index in [0.717, 1.165) is 49.2 Å². The van der Waals surface area contributed by atoms with E-state index in [1.54, 1.807) is 18.2 Å². The average Bonchev–Trinajstić information content (AvgIpc) is 2.87. The summed E-state index contributed by atoms with van der Waals surface area (Å²) in [5.74, 6) is -0.634. The molecular weight excluding hydrogens is 431 g/mol. The van der Waals surface area contributed by atoms with Gasteiger partial charge in [0, 0.05) is 19.6 Å². The van der Waals surface area contributed by atoms with Crippen LogP contribution in [-0.4, -0.2) is 41.7 Å². The third kappa shape index (κ3) is 6.49. The van der Waals surface area contributed by atoms with Gasteiger partial charge >= 0.3 is 5.97 Å². The monoisotopic (exact) mass is 462 g/mol. The number of nitrogens with zero attached hydrogens (tertiary/aromatic N) is 2. The molecule has 2 aromatic carbocycles. The number of ether oxygens (including phenoxy) is 2. The van der Waals surface area contributed by atoms with Gasteiger partial charge in [-0.3, -0.25) is 4.90 Å². The molecule has 1 aromatic heterocycles. The normalized spacial score (nSPS) is 15.7. The standard InChI is InChI=1S/C28H31FN2O3/c1-2-18-33-28(32)26-13-7-12-24(30-26)20-31-16-14-25(15-17-31)34-27(21-8-4-3-5-9-21)22-10-6-11-23(29)19-22/h3-13,19,25,27H,2,14-18,20H2,1H3. The maximum absolute atomic E-state index is 13.9. The Morgan fingerprint density at radius 3 is 2.50 bits per heavy atom. The van der Waals surface area contributed by atoms with Crippen LogP contribution in [0.3, 0.4) is 0 Å². The van der Waals surface area contributed by atoms with Crippen molar-refractivity contribution in [3.8, 4) is 0 Å². The van der Waals surface area contributed by atoms with Crippen molar-refractivity contribution in [1.82, 2.24) is 9.88 Å². The Balaban J connectivity index is 1.36. The molecule has 3 aromatic rings. The molecule has 1 atom stereocenters. The largest absolute Gasteiger partial charge is 0.461 e. The van der Waals surface area contributed by atoms with Gasteiger partial charge in [0.1, 0.15) is 17.6 Å². The maximum atomic E-state index is 13.9. The van der Waals surface area contributed by atoms with Crippen LogP contribution in [0.4, 0.5) is 4.39 Å². The zero-order valence-corrected chi connectivity index (χ0v) is 19.5. The first kappa shape index (κ1) is 24.0. The third-order valence-electron chi connectivity index (χ3n) is 5.96. The number of carbonyl (C=O) groups is 1. The highest BCUT2D eigenvalue weighted by atomic mass is 19.1. The van der Waals surface area contributed by atoms with Crippen LogP contribution in [0.5, 0.6) is 0 Å². The highest BCUT2D eigenvalue weighted by Gasteiger charge is 2.25. The Labute approximate surface area is 200 Å². The second-order valence-electron chi connectivity index (χ2n) is 8.61. The van der Waals surface area contributed by atoms with Crippen LogP contribution in [0, 0.1) is 5.82 Å². The molecule has 1 fully saturated rings. The highest BCUT2D eigenvalue weighted by Crippen LogP contribution is 2.30. The second kappa shape index (κ2) is 11.9. The van der Waals surface area contributed by atoms with Gasteiger partial charge in [-0.2, -0.15) is 0 Å². The Morgan fingerprint density at radius 2 is 1.76 bits per heavy atom. The van der Waals surface area contributed by atoms with Crippen molar-refractivity contribution >= 4 is 5.97 Å². The van der Waals surface area contributed by atoms with Gasteiger partial charge in [-0.05, 0) is 54.7 Å². The summed E-state index contributed by atoms with van der Waals surface area (Å²) in [5.41, 5.74) is 3.05. The number of hydrogen-bond acceptors (Lipinski definition) is 5. The predicted octanol–water partition coefficient (Wildman–Crippen LogP) is 5.56. The molecule has 34 heavy (non-hydrogen) atoms. The van der Waals surface area contributed by atoms with E-state index in [1.807, 2.05) is 55.5 Å². The van der Waals surface area contributed by atoms with Crippen LogP contribution >= 0.6 is 0 Å². The smallest absolute Gasteiger partial charge is 0.356 e. The van der Waals surface area contributed by atoms with E-state index in [-0.39, 0.29) is 24.0 Å². The summed E-state index contributed by atoms with van der Waals surface area (Å²) in [6.07, 6.45) is 2.30. The molecule has 178 valence electrons. The van der Waals surface area contributed by atoms with E-state index < -0.39 is 0 Å². The minimum Gasteiger partial charge on any atom is -0.461 e. The molecule has 2 heterocycles. The van der Waals surface area contributed by atoms with Gasteiger partial charge in [-0.15, -0.1) is 0 Å². The molecule has 0 radical (unpaired) electrons. The Bertz CT molecular complexity index is 1070. The number of halogens is 1. The number of carbonyl (C=O) groups excluding carboxylic acids is 1. The molecule has 1 unspecified atom stereocenters. The quantitative estimate of drug-likeness (QED) is 0.390. The predicted molar refractivity (Wildman–Crippen MR) is 129 cm³/mol. The van der Waals surface area contributed by atoms with E-state index in [0.29, 0.717) is 18.8 Å². The van der Waals surface area contributed by atoms with Crippen molar-refractivity contribution in [2.24, 2.45) is 0 Å². The molecule has 4 rings (SSSR count). The van der Waals surface area contributed by atoms with Crippen LogP contribution in [0.15, 0.2) is 72.8 Å². The SMILES string of the molecule is CCCOC(=O)c1cccc(CN2CCC(OC(c3ccccc3)c3cccc(F)c3)CC2)n1. The van der Waals surface area contributed by atoms with Crippen molar-refractivity contribution in [1.29, 1.82) is 0 Å². The van der Waals surface area contributed by atoms with E-state index in [9.17, 15) is 9.18 Å². The highest BCUT2D eigenvalue weighted by molar-refractivity contribution is 5.87. The first-order chi connectivity index (χ1) is 16.6. The summed E-state index contributed by atoms with van der Waals surface area (Å²) in [6.45, 7) is 4.76. The van der Waals surface area contributed by atoms with Crippen molar-refractivity contribution in [2.75, 3.05) is 19.7 Å². The zero-order valence-electron chi connectivity index (χ0n) is 19.5. The van der Waals surface area contributed by atoms with E-state index >= 15 is 0 Å². The average molecular weight is 463 g/mol. The van der Waals surface area contributed by atoms with Gasteiger partial charge in [0.25, 0.3) is 0 Å². The summed E-state index contributed by atoms with van der Waals surface area (Å²) in [6, 6.07) is 22.1. The summed E-state index contributed by atoms with van der Waals surface area (Å²) in [7, 11) is 0. The van der Waals surface area contributed by atoms with Gasteiger partial charge in [0.15, 0.2) is 0 Å². The fourth-order valence-electron chi connectivity index (χ4n) is 4.22. The van der Waals surface area contributed by atoms with Crippen LogP contribution in [0.1, 0.15) is 59.6 Å². The first-order valence-corrected chi connectivity index (χ1v) is 11.9. The van der Waals surface area contributed by atoms with Gasteiger partial charge in [-0.1, -0.05) is 55.5 Å². The Hall–Kier alpha value is -3.09. The Morgan fingerprint density at radius 1 is 1.03 bits per heavy atom. The van der Waals surface area contributed by atoms with Crippen molar-refractivity contribution in [2.45, 2.75) is 44.9 Å². The second-order valence-corrected chi connectivity index (χ2v) is 8.61. The molecule has 1 saturated heterocycles. The number of rotatable bonds is 9. The molecule has 1 aliphatic heterocycles. The number of pyridine rings is 1. The van der Waals surface area contributed by atoms with E-state index in [2.05, 4.69) is 9.88 Å². The van der Waals surface area contributed by atoms with Crippen molar-refractivity contribution in [3.63, 3.8) is 0 Å². The number of esters is 1. The van der Waals surface area contributed by atoms with Crippen molar-refractivity contribution in [3.05, 3.63) is 101 Å². The molecule has 6 heteroatoms. The molecule has 0 spiro atoms. The molecule has 0 aliphatic carbocycles. The fraction of sp³-hybridized carbons (Fsp3) is 0.357. The molecule has 1 aliphatic rings. The molecule has 0 N–H and O–H groups in total. The lowest BCUT2D eigenvalue weighted by Gasteiger charge is -2.34. The molecule has 0 bridgehead atoms. The number of piperidine rings is 1. The molecule has 0 saturated carbocycles. The van der Waals surface area contributed by atoms with Gasteiger partial charge < -0.3 is 9.47 Å². The lowest BCUT2D eigenvalue weighted by atomic mass is 10.00. The summed E-state index contributed by atoms with van der Waals surface area (Å²) >= 11 is 0. The lowest BCUT2D eigenvalue weighted by Crippen LogP contribution is -2.37. The lowest BCUT2D eigenvalue weighted by molar-refractivity contribution is -0.0284. The van der Waals surface area contributed by atoms with Crippen LogP contribution < -0.4 is 0 Å². The summed E-state index contributed by atoms with van der Waals surface area (Å²) in [5, 5.41) is 0. The molecular formula is C28H31FN2O3. The molecule has 5 nitrogen and oxygen atoms in total. The molecule has 0 amide bonds. The number of benzene rings is 2. The number of likely N-dealkylation sites (tertiary alicyclic amines) is 1. The van der Waals surface area contributed by atoms with Gasteiger partial charge in [-0.25, -0.2) is 14.2 Å². The van der Waals surface area contributed by atoms with Gasteiger partial charge in [0.05, 0.1) is 18.4 Å². The van der Waals surface area contributed by atoms with Crippen LogP contribution in [-0.2, 0) is 16.0 Å². The van der Waals surface area contributed by atoms with Crippen molar-refractivity contribution < 1.29 is 18.7 Å². The number of aromatic nitrogens is 1. The fourth-order valence-corrected chi connectivity index (χ4v) is 4.22. The van der Waals surface area contributed by atoms with Gasteiger partial charge in [0.2, 0.25) is 0 Å². The summed E-state index contributed by atoms with van der Waals surface area (Å²) in [4.78, 5) is 18.9. The Kier molecular flexibility index (Phi) is 8.39. The third-order valence-corrected chi connectivity index (χ3v) is 5.96. The van der Waals surface area contributed by atoms with E-state index in [1.165, 1.54) is 6.07 Å². The zero-order chi connectivity index (χ0) is 23.8. The first-order valence-electron chi connectivity index (χ1n) is 11.9. The topological polar surface area (TPSA) is 51.7 Å². The van der Waals surface area contributed by atoms with E-state index in [4.69, 9.17) is 9.47 Å². The minimum atomic E-state index is -0.375. The van der Waals surface area contributed by atoms with Crippen LogP contribution in [0.2, 0.25) is 0 Å². The minimum absolute atomic E-state index is 0.0769. The number of hydrogen-bond donors (Lipinski definition) is 0.